The SMILES string of the molecule is COC(=O)C[C@@]1(C)CCC[C@]2(C)c3ccc(C(C)C)cc3CC(OC(C)=O)C12. The second kappa shape index (κ2) is 7.53. The van der Waals surface area contributed by atoms with Gasteiger partial charge in [0.15, 0.2) is 0 Å². The average molecular weight is 387 g/mol. The summed E-state index contributed by atoms with van der Waals surface area (Å²) < 4.78 is 10.9. The first-order valence-electron chi connectivity index (χ1n) is 10.5. The fourth-order valence-corrected chi connectivity index (χ4v) is 6.06. The number of carbonyl (C=O) groups is 2. The van der Waals surface area contributed by atoms with Crippen LogP contribution >= 0.6 is 0 Å². The molecule has 1 saturated carbocycles. The van der Waals surface area contributed by atoms with Crippen molar-refractivity contribution >= 4 is 11.9 Å². The van der Waals surface area contributed by atoms with E-state index in [0.717, 1.165) is 19.3 Å². The van der Waals surface area contributed by atoms with Gasteiger partial charge in [-0.05, 0) is 46.3 Å². The van der Waals surface area contributed by atoms with Crippen molar-refractivity contribution in [3.8, 4) is 0 Å². The van der Waals surface area contributed by atoms with Gasteiger partial charge in [0.2, 0.25) is 0 Å². The van der Waals surface area contributed by atoms with Crippen LogP contribution < -0.4 is 0 Å². The maximum atomic E-state index is 12.2. The van der Waals surface area contributed by atoms with Crippen LogP contribution in [-0.4, -0.2) is 25.2 Å². The molecule has 1 fully saturated rings. The van der Waals surface area contributed by atoms with Crippen LogP contribution in [0.4, 0.5) is 0 Å². The predicted octanol–water partition coefficient (Wildman–Crippen LogP) is 4.93. The summed E-state index contributed by atoms with van der Waals surface area (Å²) in [6.45, 7) is 10.4. The highest BCUT2D eigenvalue weighted by molar-refractivity contribution is 5.70. The normalized spacial score (nSPS) is 31.7. The third kappa shape index (κ3) is 3.58. The van der Waals surface area contributed by atoms with Crippen molar-refractivity contribution < 1.29 is 19.1 Å². The minimum absolute atomic E-state index is 0.0918. The van der Waals surface area contributed by atoms with Crippen molar-refractivity contribution in [2.75, 3.05) is 7.11 Å². The van der Waals surface area contributed by atoms with Gasteiger partial charge in [-0.25, -0.2) is 0 Å². The largest absolute Gasteiger partial charge is 0.469 e. The van der Waals surface area contributed by atoms with Crippen LogP contribution in [0, 0.1) is 11.3 Å². The molecule has 2 unspecified atom stereocenters. The van der Waals surface area contributed by atoms with Crippen molar-refractivity contribution in [3.05, 3.63) is 34.9 Å². The Balaban J connectivity index is 2.12. The summed E-state index contributed by atoms with van der Waals surface area (Å²) in [7, 11) is 1.45. The maximum absolute atomic E-state index is 12.2. The zero-order valence-corrected chi connectivity index (χ0v) is 18.1. The number of esters is 2. The summed E-state index contributed by atoms with van der Waals surface area (Å²) in [4.78, 5) is 24.2. The van der Waals surface area contributed by atoms with Crippen LogP contribution in [0.3, 0.4) is 0 Å². The Labute approximate surface area is 169 Å². The molecule has 2 aliphatic carbocycles. The minimum atomic E-state index is -0.255. The number of carbonyl (C=O) groups excluding carboxylic acids is 2. The number of ether oxygens (including phenoxy) is 2. The van der Waals surface area contributed by atoms with E-state index >= 15 is 0 Å². The molecule has 4 nitrogen and oxygen atoms in total. The van der Waals surface area contributed by atoms with Crippen LogP contribution in [0.25, 0.3) is 0 Å². The number of methoxy groups -OCH3 is 1. The van der Waals surface area contributed by atoms with Gasteiger partial charge in [0.1, 0.15) is 6.10 Å². The van der Waals surface area contributed by atoms with Crippen molar-refractivity contribution in [3.63, 3.8) is 0 Å². The molecule has 0 aromatic heterocycles. The Kier molecular flexibility index (Phi) is 5.62. The highest BCUT2D eigenvalue weighted by Gasteiger charge is 2.57. The zero-order valence-electron chi connectivity index (χ0n) is 18.1. The van der Waals surface area contributed by atoms with Crippen molar-refractivity contribution in [1.82, 2.24) is 0 Å². The number of fused-ring (bicyclic) bond motifs is 3. The molecule has 0 N–H and O–H groups in total. The summed E-state index contributed by atoms with van der Waals surface area (Å²) in [5.41, 5.74) is 3.59. The Bertz CT molecular complexity index is 768. The van der Waals surface area contributed by atoms with Crippen molar-refractivity contribution in [2.24, 2.45) is 11.3 Å². The third-order valence-electron chi connectivity index (χ3n) is 7.18. The van der Waals surface area contributed by atoms with Gasteiger partial charge in [-0.3, -0.25) is 9.59 Å². The maximum Gasteiger partial charge on any atom is 0.306 e. The molecule has 3 rings (SSSR count). The molecule has 0 saturated heterocycles. The number of hydrogen-bond acceptors (Lipinski definition) is 4. The first-order valence-corrected chi connectivity index (χ1v) is 10.5. The van der Waals surface area contributed by atoms with Crippen molar-refractivity contribution in [2.45, 2.75) is 84.2 Å². The molecule has 1 aromatic rings. The van der Waals surface area contributed by atoms with E-state index in [0.29, 0.717) is 18.8 Å². The van der Waals surface area contributed by atoms with Gasteiger partial charge in [0.05, 0.1) is 13.5 Å². The van der Waals surface area contributed by atoms with Gasteiger partial charge in [-0.1, -0.05) is 52.3 Å². The molecule has 0 heterocycles. The zero-order chi connectivity index (χ0) is 20.7. The monoisotopic (exact) mass is 386 g/mol. The predicted molar refractivity (Wildman–Crippen MR) is 109 cm³/mol. The van der Waals surface area contributed by atoms with Crippen LogP contribution in [0.5, 0.6) is 0 Å². The summed E-state index contributed by atoms with van der Waals surface area (Å²) >= 11 is 0. The molecular formula is C24H34O4. The standard InChI is InChI=1S/C24H34O4/c1-15(2)17-8-9-19-18(12-17)13-20(28-16(3)25)22-23(4,14-21(26)27-6)10-7-11-24(19,22)5/h8-9,12,15,20,22H,7,10-11,13-14H2,1-6H3/t20?,22?,23-,24-/m1/s1. The topological polar surface area (TPSA) is 52.6 Å². The lowest BCUT2D eigenvalue weighted by atomic mass is 9.48. The first-order chi connectivity index (χ1) is 13.1. The lowest BCUT2D eigenvalue weighted by Crippen LogP contribution is -2.57. The molecule has 2 aliphatic rings. The second-order valence-electron chi connectivity index (χ2n) is 9.58. The molecule has 0 radical (unpaired) electrons. The van der Waals surface area contributed by atoms with Gasteiger partial charge in [-0.2, -0.15) is 0 Å². The lowest BCUT2D eigenvalue weighted by molar-refractivity contribution is -0.162. The molecule has 0 spiro atoms. The Morgan fingerprint density at radius 2 is 1.93 bits per heavy atom. The van der Waals surface area contributed by atoms with E-state index in [-0.39, 0.29) is 34.8 Å². The van der Waals surface area contributed by atoms with Crippen LogP contribution in [-0.2, 0) is 30.9 Å². The van der Waals surface area contributed by atoms with E-state index in [1.54, 1.807) is 0 Å². The summed E-state index contributed by atoms with van der Waals surface area (Å²) in [6.07, 6.45) is 3.90. The van der Waals surface area contributed by atoms with E-state index in [1.807, 2.05) is 0 Å². The quantitative estimate of drug-likeness (QED) is 0.689. The molecule has 0 aliphatic heterocycles. The number of benzene rings is 1. The molecule has 0 amide bonds. The Hall–Kier alpha value is -1.84. The highest BCUT2D eigenvalue weighted by Crippen LogP contribution is 2.59. The fourth-order valence-electron chi connectivity index (χ4n) is 6.06. The molecule has 28 heavy (non-hydrogen) atoms. The second-order valence-corrected chi connectivity index (χ2v) is 9.58. The number of rotatable bonds is 4. The van der Waals surface area contributed by atoms with E-state index in [1.165, 1.54) is 30.7 Å². The molecule has 4 heteroatoms. The van der Waals surface area contributed by atoms with Crippen molar-refractivity contribution in [1.29, 1.82) is 0 Å². The summed E-state index contributed by atoms with van der Waals surface area (Å²) in [6, 6.07) is 6.82. The van der Waals surface area contributed by atoms with E-state index in [9.17, 15) is 9.59 Å². The van der Waals surface area contributed by atoms with Gasteiger partial charge < -0.3 is 9.47 Å². The highest BCUT2D eigenvalue weighted by atomic mass is 16.5. The molecule has 1 aromatic carbocycles. The molecule has 0 bridgehead atoms. The smallest absolute Gasteiger partial charge is 0.306 e. The summed E-state index contributed by atoms with van der Waals surface area (Å²) in [5, 5.41) is 0. The Morgan fingerprint density at radius 3 is 2.54 bits per heavy atom. The Morgan fingerprint density at radius 1 is 1.21 bits per heavy atom. The lowest BCUT2D eigenvalue weighted by Gasteiger charge is -2.57. The van der Waals surface area contributed by atoms with Gasteiger partial charge in [0.25, 0.3) is 0 Å². The van der Waals surface area contributed by atoms with Crippen LogP contribution in [0.15, 0.2) is 18.2 Å². The van der Waals surface area contributed by atoms with Crippen LogP contribution in [0.1, 0.15) is 82.9 Å². The van der Waals surface area contributed by atoms with Gasteiger partial charge >= 0.3 is 11.9 Å². The molecule has 154 valence electrons. The van der Waals surface area contributed by atoms with E-state index in [2.05, 4.69) is 45.9 Å². The average Bonchev–Trinajstić information content (AvgIpc) is 2.60. The van der Waals surface area contributed by atoms with Gasteiger partial charge in [0, 0.05) is 19.3 Å². The van der Waals surface area contributed by atoms with Crippen LogP contribution in [0.2, 0.25) is 0 Å². The molecular weight excluding hydrogens is 352 g/mol. The summed E-state index contributed by atoms with van der Waals surface area (Å²) in [5.74, 6) is 0.115. The molecule has 4 atom stereocenters. The van der Waals surface area contributed by atoms with Gasteiger partial charge in [-0.15, -0.1) is 0 Å². The third-order valence-corrected chi connectivity index (χ3v) is 7.18. The van der Waals surface area contributed by atoms with E-state index < -0.39 is 0 Å². The number of hydrogen-bond donors (Lipinski definition) is 0. The minimum Gasteiger partial charge on any atom is -0.469 e. The fraction of sp³-hybridized carbons (Fsp3) is 0.667. The first kappa shape index (κ1) is 20.9. The van der Waals surface area contributed by atoms with E-state index in [4.69, 9.17) is 9.47 Å².